The lowest BCUT2D eigenvalue weighted by atomic mass is 9.93. The third-order valence-corrected chi connectivity index (χ3v) is 8.52. The Morgan fingerprint density at radius 1 is 1.02 bits per heavy atom. The van der Waals surface area contributed by atoms with E-state index in [0.29, 0.717) is 23.1 Å². The maximum absolute atomic E-state index is 13.1. The molecule has 0 bridgehead atoms. The summed E-state index contributed by atoms with van der Waals surface area (Å²) >= 11 is 12.3. The number of nitrogens with zero attached hydrogens (tertiary/aromatic N) is 3. The Bertz CT molecular complexity index is 1520. The van der Waals surface area contributed by atoms with Crippen molar-refractivity contribution in [2.75, 3.05) is 37.2 Å². The van der Waals surface area contributed by atoms with Crippen LogP contribution in [0.25, 0.3) is 0 Å². The fourth-order valence-corrected chi connectivity index (χ4v) is 6.29. The summed E-state index contributed by atoms with van der Waals surface area (Å²) in [6.45, 7) is 0.885. The van der Waals surface area contributed by atoms with Gasteiger partial charge in [-0.2, -0.15) is 5.26 Å². The normalized spacial score (nSPS) is 13.8. The van der Waals surface area contributed by atoms with Gasteiger partial charge in [-0.15, -0.1) is 0 Å². The first-order chi connectivity index (χ1) is 19.5. The van der Waals surface area contributed by atoms with Crippen molar-refractivity contribution in [3.63, 3.8) is 0 Å². The standard InChI is InChI=1S/C29H29Cl2N5O4S/c1-33-27(37)11-12-34-29(38)22-13-19(16-32)14-25(15-22)36(41(2,39)40)26-17-35(18-26)28(20-3-7-23(30)8-4-20)21-5-9-24(31)10-6-21/h3-10,13-15,26,28H,11-12,17-18H2,1-2H3,(H,33,37)(H,34,38). The van der Waals surface area contributed by atoms with Crippen molar-refractivity contribution in [2.24, 2.45) is 0 Å². The molecule has 9 nitrogen and oxygen atoms in total. The van der Waals surface area contributed by atoms with E-state index in [1.165, 1.54) is 29.6 Å². The number of nitrogens with one attached hydrogen (secondary N) is 2. The van der Waals surface area contributed by atoms with Gasteiger partial charge in [-0.05, 0) is 53.6 Å². The van der Waals surface area contributed by atoms with Crippen LogP contribution in [0.2, 0.25) is 10.0 Å². The average Bonchev–Trinajstić information content (AvgIpc) is 2.92. The number of sulfonamides is 1. The molecule has 2 N–H and O–H groups in total. The second kappa shape index (κ2) is 12.9. The molecule has 214 valence electrons. The van der Waals surface area contributed by atoms with Gasteiger partial charge in [-0.1, -0.05) is 47.5 Å². The van der Waals surface area contributed by atoms with Gasteiger partial charge in [0.15, 0.2) is 0 Å². The molecule has 0 aromatic heterocycles. The lowest BCUT2D eigenvalue weighted by molar-refractivity contribution is -0.120. The fourth-order valence-electron chi connectivity index (χ4n) is 4.88. The third kappa shape index (κ3) is 7.37. The molecule has 12 heteroatoms. The van der Waals surface area contributed by atoms with E-state index in [9.17, 15) is 23.3 Å². The second-order valence-corrected chi connectivity index (χ2v) is 12.5. The quantitative estimate of drug-likeness (QED) is 0.357. The van der Waals surface area contributed by atoms with Crippen LogP contribution in [0.1, 0.15) is 39.5 Å². The van der Waals surface area contributed by atoms with Crippen LogP contribution in [-0.4, -0.2) is 64.1 Å². The predicted molar refractivity (Wildman–Crippen MR) is 160 cm³/mol. The molecule has 0 atom stereocenters. The van der Waals surface area contributed by atoms with E-state index in [4.69, 9.17) is 23.2 Å². The van der Waals surface area contributed by atoms with E-state index in [2.05, 4.69) is 15.5 Å². The van der Waals surface area contributed by atoms with Crippen LogP contribution in [0, 0.1) is 11.3 Å². The van der Waals surface area contributed by atoms with Gasteiger partial charge in [-0.25, -0.2) is 8.42 Å². The molecule has 3 aromatic carbocycles. The zero-order chi connectivity index (χ0) is 29.7. The topological polar surface area (TPSA) is 123 Å². The highest BCUT2D eigenvalue weighted by Crippen LogP contribution is 2.37. The smallest absolute Gasteiger partial charge is 0.251 e. The lowest BCUT2D eigenvalue weighted by Crippen LogP contribution is -2.61. The van der Waals surface area contributed by atoms with E-state index in [1.54, 1.807) is 0 Å². The number of nitriles is 1. The number of likely N-dealkylation sites (tertiary alicyclic amines) is 1. The van der Waals surface area contributed by atoms with Crippen LogP contribution in [0.4, 0.5) is 5.69 Å². The molecular formula is C29H29Cl2N5O4S. The second-order valence-electron chi connectivity index (χ2n) is 9.73. The van der Waals surface area contributed by atoms with Crippen LogP contribution in [0.3, 0.4) is 0 Å². The van der Waals surface area contributed by atoms with E-state index in [0.717, 1.165) is 17.4 Å². The van der Waals surface area contributed by atoms with E-state index >= 15 is 0 Å². The number of carbonyl (C=O) groups excluding carboxylic acids is 2. The molecule has 1 heterocycles. The maximum atomic E-state index is 13.1. The summed E-state index contributed by atoms with van der Waals surface area (Å²) in [6.07, 6.45) is 1.19. The molecule has 0 saturated carbocycles. The van der Waals surface area contributed by atoms with Crippen molar-refractivity contribution in [1.82, 2.24) is 15.5 Å². The summed E-state index contributed by atoms with van der Waals surface area (Å²) in [5.74, 6) is -0.744. The van der Waals surface area contributed by atoms with Gasteiger partial charge < -0.3 is 10.6 Å². The number of benzene rings is 3. The molecule has 0 spiro atoms. The number of hydrogen-bond donors (Lipinski definition) is 2. The monoisotopic (exact) mass is 613 g/mol. The summed E-state index contributed by atoms with van der Waals surface area (Å²) in [7, 11) is -2.29. The maximum Gasteiger partial charge on any atom is 0.251 e. The van der Waals surface area contributed by atoms with Crippen LogP contribution in [0.5, 0.6) is 0 Å². The molecule has 4 rings (SSSR count). The van der Waals surface area contributed by atoms with Crippen molar-refractivity contribution >= 4 is 50.7 Å². The number of amides is 2. The first-order valence-electron chi connectivity index (χ1n) is 12.8. The summed E-state index contributed by atoms with van der Waals surface area (Å²) in [5, 5.41) is 16.0. The Hall–Kier alpha value is -3.62. The number of halogens is 2. The lowest BCUT2D eigenvalue weighted by Gasteiger charge is -2.48. The molecule has 1 fully saturated rings. The van der Waals surface area contributed by atoms with Crippen molar-refractivity contribution in [3.05, 3.63) is 99.0 Å². The zero-order valence-corrected chi connectivity index (χ0v) is 24.8. The van der Waals surface area contributed by atoms with Crippen LogP contribution < -0.4 is 14.9 Å². The minimum Gasteiger partial charge on any atom is -0.359 e. The Labute approximate surface area is 249 Å². The first-order valence-corrected chi connectivity index (χ1v) is 15.4. The Morgan fingerprint density at radius 2 is 1.59 bits per heavy atom. The zero-order valence-electron chi connectivity index (χ0n) is 22.5. The first kappa shape index (κ1) is 30.3. The fraction of sp³-hybridized carbons (Fsp3) is 0.276. The molecule has 0 aliphatic carbocycles. The highest BCUT2D eigenvalue weighted by atomic mass is 35.5. The molecular weight excluding hydrogens is 585 g/mol. The summed E-state index contributed by atoms with van der Waals surface area (Å²) in [6, 6.07) is 20.7. The van der Waals surface area contributed by atoms with E-state index in [-0.39, 0.29) is 41.7 Å². The largest absolute Gasteiger partial charge is 0.359 e. The Kier molecular flexibility index (Phi) is 9.56. The molecule has 0 unspecified atom stereocenters. The van der Waals surface area contributed by atoms with Gasteiger partial charge >= 0.3 is 0 Å². The van der Waals surface area contributed by atoms with Gasteiger partial charge in [0.1, 0.15) is 0 Å². The average molecular weight is 615 g/mol. The summed E-state index contributed by atoms with van der Waals surface area (Å²) in [5.41, 5.74) is 2.47. The number of anilines is 1. The SMILES string of the molecule is CNC(=O)CCNC(=O)c1cc(C#N)cc(N(C2CN(C(c3ccc(Cl)cc3)c3ccc(Cl)cc3)C2)S(C)(=O)=O)c1. The van der Waals surface area contributed by atoms with E-state index in [1.807, 2.05) is 54.6 Å². The molecule has 3 aromatic rings. The van der Waals surface area contributed by atoms with Gasteiger partial charge in [0, 0.05) is 48.7 Å². The number of hydrogen-bond acceptors (Lipinski definition) is 6. The van der Waals surface area contributed by atoms with Gasteiger partial charge in [-0.3, -0.25) is 18.8 Å². The predicted octanol–water partition coefficient (Wildman–Crippen LogP) is 3.97. The van der Waals surface area contributed by atoms with Crippen molar-refractivity contribution in [1.29, 1.82) is 5.26 Å². The molecule has 2 amide bonds. The third-order valence-electron chi connectivity index (χ3n) is 6.80. The Balaban J connectivity index is 1.61. The van der Waals surface area contributed by atoms with Gasteiger partial charge in [0.2, 0.25) is 15.9 Å². The molecule has 0 radical (unpaired) electrons. The number of rotatable bonds is 10. The highest BCUT2D eigenvalue weighted by Gasteiger charge is 2.41. The van der Waals surface area contributed by atoms with Crippen LogP contribution in [-0.2, 0) is 14.8 Å². The van der Waals surface area contributed by atoms with Crippen molar-refractivity contribution in [2.45, 2.75) is 18.5 Å². The molecule has 1 aliphatic rings. The molecule has 1 aliphatic heterocycles. The number of carbonyl (C=O) groups is 2. The minimum absolute atomic E-state index is 0.0861. The van der Waals surface area contributed by atoms with E-state index < -0.39 is 22.0 Å². The summed E-state index contributed by atoms with van der Waals surface area (Å²) in [4.78, 5) is 26.5. The van der Waals surface area contributed by atoms with Gasteiger partial charge in [0.05, 0.1) is 35.7 Å². The highest BCUT2D eigenvalue weighted by molar-refractivity contribution is 7.92. The molecule has 41 heavy (non-hydrogen) atoms. The molecule has 1 saturated heterocycles. The van der Waals surface area contributed by atoms with Crippen molar-refractivity contribution in [3.8, 4) is 6.07 Å². The van der Waals surface area contributed by atoms with Gasteiger partial charge in [0.25, 0.3) is 5.91 Å². The summed E-state index contributed by atoms with van der Waals surface area (Å²) < 4.78 is 27.4. The van der Waals surface area contributed by atoms with Crippen molar-refractivity contribution < 1.29 is 18.0 Å². The Morgan fingerprint density at radius 3 is 2.07 bits per heavy atom. The van der Waals surface area contributed by atoms with Crippen LogP contribution >= 0.6 is 23.2 Å². The van der Waals surface area contributed by atoms with Crippen LogP contribution in [0.15, 0.2) is 66.7 Å². The minimum atomic E-state index is -3.79.